The van der Waals surface area contributed by atoms with Gasteiger partial charge < -0.3 is 20.0 Å². The molecule has 2 N–H and O–H groups in total. The number of carbonyl (C=O) groups is 2. The number of aliphatic hydroxyl groups excluding tert-OH is 1. The van der Waals surface area contributed by atoms with E-state index in [0.29, 0.717) is 17.9 Å². The van der Waals surface area contributed by atoms with Crippen molar-refractivity contribution in [1.29, 1.82) is 0 Å². The summed E-state index contributed by atoms with van der Waals surface area (Å²) in [5.74, 6) is -0.524. The van der Waals surface area contributed by atoms with Gasteiger partial charge >= 0.3 is 5.97 Å². The summed E-state index contributed by atoms with van der Waals surface area (Å²) in [4.78, 5) is 33.3. The van der Waals surface area contributed by atoms with Crippen LogP contribution in [0.4, 0.5) is 5.82 Å². The largest absolute Gasteiger partial charge is 0.481 e. The Bertz CT molecular complexity index is 914. The normalized spacial score (nSPS) is 24.1. The van der Waals surface area contributed by atoms with Crippen molar-refractivity contribution in [3.8, 4) is 0 Å². The number of likely N-dealkylation sites (tertiary alicyclic amines) is 1. The van der Waals surface area contributed by atoms with E-state index in [2.05, 4.69) is 4.98 Å². The Morgan fingerprint density at radius 2 is 1.80 bits per heavy atom. The number of aliphatic carboxylic acids is 1. The molecule has 0 unspecified atom stereocenters. The minimum atomic E-state index is -1.26. The van der Waals surface area contributed by atoms with Crippen molar-refractivity contribution < 1.29 is 19.8 Å². The lowest BCUT2D eigenvalue weighted by molar-refractivity contribution is -0.158. The number of piperidine rings is 1. The smallest absolute Gasteiger partial charge is 0.312 e. The van der Waals surface area contributed by atoms with E-state index in [1.807, 2.05) is 40.1 Å². The van der Waals surface area contributed by atoms with Gasteiger partial charge in [0, 0.05) is 32.4 Å². The van der Waals surface area contributed by atoms with Gasteiger partial charge in [-0.25, -0.2) is 4.98 Å². The number of carboxylic acid groups (broad SMARTS) is 1. The number of amides is 1. The molecule has 2 saturated heterocycles. The van der Waals surface area contributed by atoms with Crippen LogP contribution in [0.1, 0.15) is 35.2 Å². The molecule has 30 heavy (non-hydrogen) atoms. The molecule has 0 aliphatic carbocycles. The van der Waals surface area contributed by atoms with Gasteiger partial charge in [-0.05, 0) is 43.4 Å². The average Bonchev–Trinajstić information content (AvgIpc) is 3.30. The highest BCUT2D eigenvalue weighted by molar-refractivity contribution is 5.99. The predicted octanol–water partition coefficient (Wildman–Crippen LogP) is 2.20. The van der Waals surface area contributed by atoms with Crippen molar-refractivity contribution in [2.75, 3.05) is 31.1 Å². The Morgan fingerprint density at radius 3 is 2.47 bits per heavy atom. The van der Waals surface area contributed by atoms with Crippen molar-refractivity contribution >= 4 is 17.7 Å². The van der Waals surface area contributed by atoms with Crippen LogP contribution in [0.2, 0.25) is 0 Å². The molecule has 3 heterocycles. The number of rotatable bonds is 5. The third kappa shape index (κ3) is 3.77. The zero-order valence-electron chi connectivity index (χ0n) is 16.9. The van der Waals surface area contributed by atoms with Gasteiger partial charge in [0.1, 0.15) is 11.2 Å². The van der Waals surface area contributed by atoms with E-state index >= 15 is 0 Å². The molecule has 2 aliphatic heterocycles. The van der Waals surface area contributed by atoms with Crippen LogP contribution in [0.25, 0.3) is 0 Å². The van der Waals surface area contributed by atoms with E-state index in [9.17, 15) is 19.8 Å². The Hall–Kier alpha value is -2.93. The number of hydrogen-bond donors (Lipinski definition) is 2. The highest BCUT2D eigenvalue weighted by Crippen LogP contribution is 2.38. The summed E-state index contributed by atoms with van der Waals surface area (Å²) in [5, 5.41) is 21.0. The number of nitrogens with zero attached hydrogens (tertiary/aromatic N) is 3. The summed E-state index contributed by atoms with van der Waals surface area (Å²) < 4.78 is 0. The molecule has 2 aromatic rings. The fourth-order valence-corrected chi connectivity index (χ4v) is 4.57. The molecule has 0 radical (unpaired) electrons. The molecule has 1 aromatic carbocycles. The third-order valence-electron chi connectivity index (χ3n) is 6.36. The number of β-amino-alcohol motifs (C(OH)–C–C–N with tert-alkyl or cyclic N) is 1. The summed E-state index contributed by atoms with van der Waals surface area (Å²) >= 11 is 0. The number of anilines is 1. The first-order valence-electron chi connectivity index (χ1n) is 10.5. The lowest BCUT2D eigenvalue weighted by Crippen LogP contribution is -2.56. The Kier molecular flexibility index (Phi) is 5.72. The molecule has 1 aromatic heterocycles. The maximum atomic E-state index is 13.0. The zero-order valence-corrected chi connectivity index (χ0v) is 16.9. The average molecular weight is 409 g/mol. The second-order valence-corrected chi connectivity index (χ2v) is 8.21. The van der Waals surface area contributed by atoms with Gasteiger partial charge in [0.25, 0.3) is 5.91 Å². The van der Waals surface area contributed by atoms with Crippen molar-refractivity contribution in [2.45, 2.75) is 31.8 Å². The van der Waals surface area contributed by atoms with Crippen LogP contribution in [0.5, 0.6) is 0 Å². The number of aliphatic hydroxyl groups is 1. The Morgan fingerprint density at radius 1 is 1.07 bits per heavy atom. The third-order valence-corrected chi connectivity index (χ3v) is 6.36. The molecule has 0 bridgehead atoms. The molecule has 2 atom stereocenters. The minimum Gasteiger partial charge on any atom is -0.481 e. The zero-order chi connectivity index (χ0) is 21.1. The van der Waals surface area contributed by atoms with Crippen LogP contribution in [-0.2, 0) is 11.2 Å². The second kappa shape index (κ2) is 8.44. The molecule has 158 valence electrons. The summed E-state index contributed by atoms with van der Waals surface area (Å²) in [6.45, 7) is 2.02. The Balaban J connectivity index is 1.57. The topological polar surface area (TPSA) is 94.0 Å². The Labute approximate surface area is 176 Å². The minimum absolute atomic E-state index is 0.0514. The van der Waals surface area contributed by atoms with Gasteiger partial charge in [-0.3, -0.25) is 9.59 Å². The number of carboxylic acids is 1. The maximum absolute atomic E-state index is 13.0. The molecule has 0 spiro atoms. The fourth-order valence-electron chi connectivity index (χ4n) is 4.57. The van der Waals surface area contributed by atoms with Crippen LogP contribution >= 0.6 is 0 Å². The van der Waals surface area contributed by atoms with Gasteiger partial charge in [-0.1, -0.05) is 30.3 Å². The number of pyridine rings is 1. The van der Waals surface area contributed by atoms with E-state index < -0.39 is 17.5 Å². The summed E-state index contributed by atoms with van der Waals surface area (Å²) in [6, 6.07) is 12.9. The monoisotopic (exact) mass is 409 g/mol. The first-order chi connectivity index (χ1) is 14.5. The first kappa shape index (κ1) is 20.3. The van der Waals surface area contributed by atoms with Crippen LogP contribution < -0.4 is 4.90 Å². The lowest BCUT2D eigenvalue weighted by atomic mass is 9.71. The highest BCUT2D eigenvalue weighted by atomic mass is 16.4. The van der Waals surface area contributed by atoms with Gasteiger partial charge in [-0.2, -0.15) is 0 Å². The van der Waals surface area contributed by atoms with Crippen molar-refractivity contribution in [1.82, 2.24) is 9.88 Å². The highest BCUT2D eigenvalue weighted by Gasteiger charge is 2.49. The van der Waals surface area contributed by atoms with Crippen LogP contribution in [0.3, 0.4) is 0 Å². The first-order valence-corrected chi connectivity index (χ1v) is 10.5. The standard InChI is InChI=1S/C23H27N3O4/c27-19-16-26(14-10-23(19,22(29)30)15-17-7-2-1-3-8-17)20-18(9-6-11-24-20)21(28)25-12-4-5-13-25/h1-3,6-9,11,19,27H,4-5,10,12-16H2,(H,29,30)/t19-,23+/m0/s1. The molecule has 2 fully saturated rings. The van der Waals surface area contributed by atoms with E-state index in [1.165, 1.54) is 0 Å². The van der Waals surface area contributed by atoms with Gasteiger partial charge in [-0.15, -0.1) is 0 Å². The molecule has 4 rings (SSSR count). The van der Waals surface area contributed by atoms with E-state index in [-0.39, 0.29) is 25.3 Å². The van der Waals surface area contributed by atoms with Crippen molar-refractivity contribution in [3.05, 3.63) is 59.8 Å². The molecular weight excluding hydrogens is 382 g/mol. The van der Waals surface area contributed by atoms with Crippen LogP contribution in [-0.4, -0.2) is 64.3 Å². The van der Waals surface area contributed by atoms with Gasteiger partial charge in [0.2, 0.25) is 0 Å². The predicted molar refractivity (Wildman–Crippen MR) is 112 cm³/mol. The molecule has 7 heteroatoms. The summed E-state index contributed by atoms with van der Waals surface area (Å²) in [6.07, 6.45) is 3.09. The van der Waals surface area contributed by atoms with Gasteiger partial charge in [0.15, 0.2) is 0 Å². The number of hydrogen-bond acceptors (Lipinski definition) is 5. The number of carbonyl (C=O) groups excluding carboxylic acids is 1. The number of benzene rings is 1. The van der Waals surface area contributed by atoms with Crippen LogP contribution in [0, 0.1) is 5.41 Å². The molecular formula is C23H27N3O4. The molecule has 1 amide bonds. The second-order valence-electron chi connectivity index (χ2n) is 8.21. The van der Waals surface area contributed by atoms with E-state index in [4.69, 9.17) is 0 Å². The quantitative estimate of drug-likeness (QED) is 0.786. The fraction of sp³-hybridized carbons (Fsp3) is 0.435. The maximum Gasteiger partial charge on any atom is 0.312 e. The lowest BCUT2D eigenvalue weighted by Gasteiger charge is -2.43. The molecule has 2 aliphatic rings. The van der Waals surface area contributed by atoms with Crippen molar-refractivity contribution in [3.63, 3.8) is 0 Å². The van der Waals surface area contributed by atoms with Crippen LogP contribution in [0.15, 0.2) is 48.7 Å². The molecule has 7 nitrogen and oxygen atoms in total. The summed E-state index contributed by atoms with van der Waals surface area (Å²) in [7, 11) is 0. The van der Waals surface area contributed by atoms with Crippen molar-refractivity contribution in [2.24, 2.45) is 5.41 Å². The van der Waals surface area contributed by atoms with Gasteiger partial charge in [0.05, 0.1) is 11.7 Å². The molecule has 0 saturated carbocycles. The number of aromatic nitrogens is 1. The SMILES string of the molecule is O=C(c1cccnc1N1CC[C@](Cc2ccccc2)(C(=O)O)[C@@H](O)C1)N1CCCC1. The summed E-state index contributed by atoms with van der Waals surface area (Å²) in [5.41, 5.74) is 0.138. The van der Waals surface area contributed by atoms with E-state index in [0.717, 1.165) is 31.5 Å². The van der Waals surface area contributed by atoms with E-state index in [1.54, 1.807) is 18.3 Å².